The van der Waals surface area contributed by atoms with E-state index in [1.165, 1.54) is 40.7 Å². The van der Waals surface area contributed by atoms with Crippen molar-refractivity contribution in [3.05, 3.63) is 58.4 Å². The third-order valence-corrected chi connectivity index (χ3v) is 6.35. The predicted octanol–water partition coefficient (Wildman–Crippen LogP) is 4.07. The Labute approximate surface area is 157 Å². The number of nitrogens with one attached hydrogen (secondary N) is 1. The summed E-state index contributed by atoms with van der Waals surface area (Å²) in [6, 6.07) is 7.98. The number of amides is 1. The van der Waals surface area contributed by atoms with Crippen LogP contribution in [0.15, 0.2) is 41.3 Å². The summed E-state index contributed by atoms with van der Waals surface area (Å²) in [5.41, 5.74) is 0.967. The average molecular weight is 399 g/mol. The molecule has 8 heteroatoms. The number of benzene rings is 2. The number of rotatable bonds is 6. The van der Waals surface area contributed by atoms with Gasteiger partial charge in [0.15, 0.2) is 0 Å². The number of carbonyl (C=O) groups is 1. The molecule has 26 heavy (non-hydrogen) atoms. The molecule has 0 aliphatic rings. The standard InChI is InChI=1S/C18H20ClFN2O3S/c1-4-22(5-2)26(24,25)14-8-9-16(19)15(11-14)18(23)21-17-10-13(20)7-6-12(17)3/h6-11H,4-5H2,1-3H3,(H,21,23). The van der Waals surface area contributed by atoms with Gasteiger partial charge in [0.2, 0.25) is 10.0 Å². The summed E-state index contributed by atoms with van der Waals surface area (Å²) in [6.07, 6.45) is 0. The van der Waals surface area contributed by atoms with Crippen LogP contribution in [0.25, 0.3) is 0 Å². The third kappa shape index (κ3) is 4.23. The molecule has 0 fully saturated rings. The molecule has 0 bridgehead atoms. The smallest absolute Gasteiger partial charge is 0.257 e. The molecule has 0 aliphatic carbocycles. The van der Waals surface area contributed by atoms with Gasteiger partial charge in [-0.25, -0.2) is 12.8 Å². The lowest BCUT2D eigenvalue weighted by molar-refractivity contribution is 0.102. The Balaban J connectivity index is 2.41. The normalized spacial score (nSPS) is 11.6. The number of anilines is 1. The molecule has 1 amide bonds. The molecule has 2 rings (SSSR count). The summed E-state index contributed by atoms with van der Waals surface area (Å²) in [6.45, 7) is 5.81. The Morgan fingerprint density at radius 2 is 1.81 bits per heavy atom. The summed E-state index contributed by atoms with van der Waals surface area (Å²) in [5, 5.41) is 2.68. The largest absolute Gasteiger partial charge is 0.322 e. The number of aryl methyl sites for hydroxylation is 1. The molecule has 0 aliphatic heterocycles. The summed E-state index contributed by atoms with van der Waals surface area (Å²) in [5.74, 6) is -1.10. The van der Waals surface area contributed by atoms with Crippen molar-refractivity contribution in [2.45, 2.75) is 25.7 Å². The van der Waals surface area contributed by atoms with E-state index >= 15 is 0 Å². The Hall–Kier alpha value is -1.96. The number of hydrogen-bond acceptors (Lipinski definition) is 3. The summed E-state index contributed by atoms with van der Waals surface area (Å²) >= 11 is 6.08. The van der Waals surface area contributed by atoms with Crippen LogP contribution in [-0.4, -0.2) is 31.7 Å². The van der Waals surface area contributed by atoms with Crippen molar-refractivity contribution in [3.8, 4) is 0 Å². The summed E-state index contributed by atoms with van der Waals surface area (Å²) in [7, 11) is -3.73. The minimum absolute atomic E-state index is 0.00330. The second-order valence-corrected chi connectivity index (χ2v) is 7.99. The van der Waals surface area contributed by atoms with E-state index in [1.54, 1.807) is 20.8 Å². The zero-order valence-corrected chi connectivity index (χ0v) is 16.3. The predicted molar refractivity (Wildman–Crippen MR) is 101 cm³/mol. The highest BCUT2D eigenvalue weighted by atomic mass is 35.5. The first-order valence-corrected chi connectivity index (χ1v) is 9.89. The molecule has 0 radical (unpaired) electrons. The number of nitrogens with zero attached hydrogens (tertiary/aromatic N) is 1. The fraction of sp³-hybridized carbons (Fsp3) is 0.278. The SMILES string of the molecule is CCN(CC)S(=O)(=O)c1ccc(Cl)c(C(=O)Nc2cc(F)ccc2C)c1. The molecule has 0 aromatic heterocycles. The highest BCUT2D eigenvalue weighted by Gasteiger charge is 2.24. The van der Waals surface area contributed by atoms with E-state index in [4.69, 9.17) is 11.6 Å². The van der Waals surface area contributed by atoms with Gasteiger partial charge in [-0.1, -0.05) is 31.5 Å². The van der Waals surface area contributed by atoms with Crippen LogP contribution in [0.5, 0.6) is 0 Å². The monoisotopic (exact) mass is 398 g/mol. The van der Waals surface area contributed by atoms with Gasteiger partial charge in [-0.05, 0) is 42.8 Å². The van der Waals surface area contributed by atoms with E-state index in [0.717, 1.165) is 0 Å². The molecule has 0 atom stereocenters. The molecule has 0 unspecified atom stereocenters. The Kier molecular flexibility index (Phi) is 6.39. The highest BCUT2D eigenvalue weighted by Crippen LogP contribution is 2.25. The lowest BCUT2D eigenvalue weighted by atomic mass is 10.1. The minimum atomic E-state index is -3.73. The maximum atomic E-state index is 13.4. The van der Waals surface area contributed by atoms with Crippen molar-refractivity contribution < 1.29 is 17.6 Å². The van der Waals surface area contributed by atoms with Gasteiger partial charge >= 0.3 is 0 Å². The van der Waals surface area contributed by atoms with E-state index in [9.17, 15) is 17.6 Å². The van der Waals surface area contributed by atoms with E-state index < -0.39 is 21.7 Å². The van der Waals surface area contributed by atoms with Gasteiger partial charge in [-0.3, -0.25) is 4.79 Å². The van der Waals surface area contributed by atoms with E-state index in [2.05, 4.69) is 5.32 Å². The van der Waals surface area contributed by atoms with Crippen molar-refractivity contribution in [1.29, 1.82) is 0 Å². The zero-order valence-electron chi connectivity index (χ0n) is 14.7. The van der Waals surface area contributed by atoms with E-state index in [-0.39, 0.29) is 15.5 Å². The van der Waals surface area contributed by atoms with Gasteiger partial charge < -0.3 is 5.32 Å². The second kappa shape index (κ2) is 8.16. The van der Waals surface area contributed by atoms with Crippen LogP contribution in [0.1, 0.15) is 29.8 Å². The number of halogens is 2. The average Bonchev–Trinajstić information content (AvgIpc) is 2.59. The molecule has 0 saturated heterocycles. The lowest BCUT2D eigenvalue weighted by Gasteiger charge is -2.19. The van der Waals surface area contributed by atoms with E-state index in [0.29, 0.717) is 24.3 Å². The maximum absolute atomic E-state index is 13.4. The number of carbonyl (C=O) groups excluding carboxylic acids is 1. The third-order valence-electron chi connectivity index (χ3n) is 3.97. The van der Waals surface area contributed by atoms with Crippen LogP contribution in [-0.2, 0) is 10.0 Å². The molecule has 0 saturated carbocycles. The first kappa shape index (κ1) is 20.4. The molecule has 2 aromatic rings. The molecular weight excluding hydrogens is 379 g/mol. The van der Waals surface area contributed by atoms with Crippen LogP contribution >= 0.6 is 11.6 Å². The van der Waals surface area contributed by atoms with Gasteiger partial charge in [-0.2, -0.15) is 4.31 Å². The van der Waals surface area contributed by atoms with Crippen LogP contribution in [0.2, 0.25) is 5.02 Å². The van der Waals surface area contributed by atoms with Crippen LogP contribution in [0, 0.1) is 12.7 Å². The fourth-order valence-corrected chi connectivity index (χ4v) is 4.16. The number of hydrogen-bond donors (Lipinski definition) is 1. The molecule has 140 valence electrons. The summed E-state index contributed by atoms with van der Waals surface area (Å²) in [4.78, 5) is 12.5. The minimum Gasteiger partial charge on any atom is -0.322 e. The quantitative estimate of drug-likeness (QED) is 0.797. The van der Waals surface area contributed by atoms with Crippen molar-refractivity contribution in [1.82, 2.24) is 4.31 Å². The van der Waals surface area contributed by atoms with Gasteiger partial charge in [0.05, 0.1) is 15.5 Å². The Morgan fingerprint density at radius 3 is 2.42 bits per heavy atom. The van der Waals surface area contributed by atoms with E-state index in [1.807, 2.05) is 0 Å². The first-order valence-electron chi connectivity index (χ1n) is 8.07. The molecular formula is C18H20ClFN2O3S. The summed E-state index contributed by atoms with van der Waals surface area (Å²) < 4.78 is 40.0. The molecule has 1 N–H and O–H groups in total. The maximum Gasteiger partial charge on any atom is 0.257 e. The zero-order chi connectivity index (χ0) is 19.5. The van der Waals surface area contributed by atoms with Gasteiger partial charge in [0, 0.05) is 18.8 Å². The van der Waals surface area contributed by atoms with Gasteiger partial charge in [-0.15, -0.1) is 0 Å². The van der Waals surface area contributed by atoms with Crippen molar-refractivity contribution in [2.24, 2.45) is 0 Å². The van der Waals surface area contributed by atoms with Crippen molar-refractivity contribution in [3.63, 3.8) is 0 Å². The molecule has 0 heterocycles. The lowest BCUT2D eigenvalue weighted by Crippen LogP contribution is -2.30. The highest BCUT2D eigenvalue weighted by molar-refractivity contribution is 7.89. The van der Waals surface area contributed by atoms with Gasteiger partial charge in [0.25, 0.3) is 5.91 Å². The van der Waals surface area contributed by atoms with Crippen LogP contribution < -0.4 is 5.32 Å². The van der Waals surface area contributed by atoms with Crippen LogP contribution in [0.4, 0.5) is 10.1 Å². The fourth-order valence-electron chi connectivity index (χ4n) is 2.47. The Bertz CT molecular complexity index is 928. The molecule has 5 nitrogen and oxygen atoms in total. The van der Waals surface area contributed by atoms with Gasteiger partial charge in [0.1, 0.15) is 5.82 Å². The van der Waals surface area contributed by atoms with Crippen molar-refractivity contribution in [2.75, 3.05) is 18.4 Å². The molecule has 0 spiro atoms. The van der Waals surface area contributed by atoms with Crippen molar-refractivity contribution >= 4 is 33.2 Å². The number of sulfonamides is 1. The Morgan fingerprint density at radius 1 is 1.15 bits per heavy atom. The second-order valence-electron chi connectivity index (χ2n) is 5.64. The molecule has 2 aromatic carbocycles. The topological polar surface area (TPSA) is 66.5 Å². The first-order chi connectivity index (χ1) is 12.2. The van der Waals surface area contributed by atoms with Crippen LogP contribution in [0.3, 0.4) is 0 Å².